The van der Waals surface area contributed by atoms with Gasteiger partial charge in [0.25, 0.3) is 0 Å². The van der Waals surface area contributed by atoms with Gasteiger partial charge >= 0.3 is 17.1 Å². The van der Waals surface area contributed by atoms with Crippen LogP contribution >= 0.6 is 0 Å². The maximum absolute atomic E-state index is 13.6. The first-order chi connectivity index (χ1) is 15.1. The largest absolute Gasteiger partial charge is 0.487 e. The van der Waals surface area contributed by atoms with Gasteiger partial charge in [-0.15, -0.1) is 0 Å². The molecule has 0 saturated heterocycles. The van der Waals surface area contributed by atoms with E-state index in [2.05, 4.69) is 5.10 Å². The molecule has 0 aliphatic heterocycles. The summed E-state index contributed by atoms with van der Waals surface area (Å²) in [6, 6.07) is 12.1. The first-order valence-electron chi connectivity index (χ1n) is 9.80. The molecule has 7 nitrogen and oxygen atoms in total. The van der Waals surface area contributed by atoms with Crippen molar-refractivity contribution in [2.24, 2.45) is 0 Å². The van der Waals surface area contributed by atoms with Crippen molar-refractivity contribution in [3.8, 4) is 22.6 Å². The zero-order chi connectivity index (χ0) is 23.9. The number of aryl methyl sites for hydroxylation is 2. The average molecular weight is 461 g/mol. The maximum atomic E-state index is 13.6. The van der Waals surface area contributed by atoms with Crippen molar-refractivity contribution in [2.75, 3.05) is 6.61 Å². The average Bonchev–Trinajstić information content (AvgIpc) is 2.72. The molecule has 0 bridgehead atoms. The summed E-state index contributed by atoms with van der Waals surface area (Å²) >= 11 is -0.750. The van der Waals surface area contributed by atoms with Gasteiger partial charge in [0.1, 0.15) is 5.82 Å². The Bertz CT molecular complexity index is 1160. The summed E-state index contributed by atoms with van der Waals surface area (Å²) in [6.07, 6.45) is 1.93. The summed E-state index contributed by atoms with van der Waals surface area (Å²) in [5, 5.41) is 14.2. The molecule has 9 heteroatoms. The van der Waals surface area contributed by atoms with Crippen molar-refractivity contribution in [1.82, 2.24) is 9.78 Å². The number of hydrogen-bond donors (Lipinski definition) is 1. The van der Waals surface area contributed by atoms with Gasteiger partial charge in [-0.2, -0.15) is 18.2 Å². The number of halogens is 1. The molecule has 1 aromatic heterocycles. The van der Waals surface area contributed by atoms with Crippen molar-refractivity contribution in [1.29, 1.82) is 0 Å². The van der Waals surface area contributed by atoms with Crippen LogP contribution in [-0.2, 0) is 11.6 Å². The zero-order valence-corrected chi connectivity index (χ0v) is 19.1. The van der Waals surface area contributed by atoms with E-state index in [4.69, 9.17) is 13.2 Å². The smallest absolute Gasteiger partial charge is 0.335 e. The molecule has 32 heavy (non-hydrogen) atoms. The van der Waals surface area contributed by atoms with Crippen molar-refractivity contribution in [3.05, 3.63) is 76.0 Å². The number of rotatable bonds is 6. The SMILES string of the molecule is Cc1ccc(-c2cnn(-c3ccc(F)c(C)c3)c(=O)c2OCCC(C)(C)O)cc1.O=S=O. The van der Waals surface area contributed by atoms with Gasteiger partial charge < -0.3 is 9.84 Å². The van der Waals surface area contributed by atoms with E-state index < -0.39 is 22.7 Å². The lowest BCUT2D eigenvalue weighted by Gasteiger charge is -2.18. The summed E-state index contributed by atoms with van der Waals surface area (Å²) in [6.45, 7) is 7.15. The van der Waals surface area contributed by atoms with Gasteiger partial charge in [-0.1, -0.05) is 29.8 Å². The number of ether oxygens (including phenoxy) is 1. The molecule has 3 rings (SSSR count). The molecule has 0 atom stereocenters. The third-order valence-corrected chi connectivity index (χ3v) is 4.64. The van der Waals surface area contributed by atoms with Crippen molar-refractivity contribution in [2.45, 2.75) is 39.7 Å². The minimum Gasteiger partial charge on any atom is -0.487 e. The van der Waals surface area contributed by atoms with Crippen molar-refractivity contribution >= 4 is 11.6 Å². The number of nitrogens with zero attached hydrogens (tertiary/aromatic N) is 2. The molecule has 0 unspecified atom stereocenters. The summed E-state index contributed by atoms with van der Waals surface area (Å²) in [7, 11) is 0. The van der Waals surface area contributed by atoms with E-state index in [9.17, 15) is 14.3 Å². The van der Waals surface area contributed by atoms with Crippen LogP contribution in [0.4, 0.5) is 4.39 Å². The van der Waals surface area contributed by atoms with Crippen LogP contribution in [0.3, 0.4) is 0 Å². The Labute approximate surface area is 189 Å². The minimum absolute atomic E-state index is 0.148. The van der Waals surface area contributed by atoms with Gasteiger partial charge in [-0.05, 0) is 57.0 Å². The highest BCUT2D eigenvalue weighted by atomic mass is 32.1. The second-order valence-electron chi connectivity index (χ2n) is 7.88. The lowest BCUT2D eigenvalue weighted by molar-refractivity contribution is 0.0551. The van der Waals surface area contributed by atoms with Gasteiger partial charge in [0.05, 0.1) is 24.1 Å². The quantitative estimate of drug-likeness (QED) is 0.604. The van der Waals surface area contributed by atoms with Crippen LogP contribution in [0.25, 0.3) is 16.8 Å². The second kappa shape index (κ2) is 10.9. The molecule has 170 valence electrons. The Hall–Kier alpha value is -3.17. The van der Waals surface area contributed by atoms with Crippen molar-refractivity contribution in [3.63, 3.8) is 0 Å². The molecule has 0 saturated carbocycles. The molecular formula is C23H25FN2O5S. The first kappa shape index (κ1) is 25.1. The molecule has 0 radical (unpaired) electrons. The fourth-order valence-corrected chi connectivity index (χ4v) is 2.86. The summed E-state index contributed by atoms with van der Waals surface area (Å²) in [5.74, 6) is -0.199. The Kier molecular flexibility index (Phi) is 8.56. The number of benzene rings is 2. The summed E-state index contributed by atoms with van der Waals surface area (Å²) in [4.78, 5) is 13.2. The summed E-state index contributed by atoms with van der Waals surface area (Å²) < 4.78 is 37.3. The minimum atomic E-state index is -0.913. The summed E-state index contributed by atoms with van der Waals surface area (Å²) in [5.41, 5.74) is 2.00. The van der Waals surface area contributed by atoms with E-state index in [1.54, 1.807) is 33.0 Å². The molecule has 1 N–H and O–H groups in total. The lowest BCUT2D eigenvalue weighted by atomic mass is 10.1. The normalized spacial score (nSPS) is 10.8. The van der Waals surface area contributed by atoms with Crippen LogP contribution in [0.2, 0.25) is 0 Å². The van der Waals surface area contributed by atoms with Crippen LogP contribution < -0.4 is 10.3 Å². The highest BCUT2D eigenvalue weighted by Gasteiger charge is 2.18. The molecule has 0 aliphatic rings. The van der Waals surface area contributed by atoms with Crippen molar-refractivity contribution < 1.29 is 22.7 Å². The molecule has 1 heterocycles. The van der Waals surface area contributed by atoms with Gasteiger partial charge in [-0.3, -0.25) is 4.79 Å². The third kappa shape index (κ3) is 6.66. The fourth-order valence-electron chi connectivity index (χ4n) is 2.86. The number of aliphatic hydroxyl groups is 1. The van der Waals surface area contributed by atoms with Gasteiger partial charge in [-0.25, -0.2) is 4.39 Å². The van der Waals surface area contributed by atoms with Crippen LogP contribution in [-0.4, -0.2) is 35.5 Å². The molecule has 0 spiro atoms. The molecule has 0 aliphatic carbocycles. The Balaban J connectivity index is 0.00000114. The highest BCUT2D eigenvalue weighted by molar-refractivity contribution is 7.51. The van der Waals surface area contributed by atoms with E-state index >= 15 is 0 Å². The standard InChI is InChI=1S/C23H25FN2O3.O2S/c1-15-5-7-17(8-6-15)19-14-25-26(18-9-10-20(24)16(2)13-18)22(27)21(19)29-12-11-23(3,4)28;1-3-2/h5-10,13-14,28H,11-12H2,1-4H3;. The Morgan fingerprint density at radius 2 is 1.75 bits per heavy atom. The lowest BCUT2D eigenvalue weighted by Crippen LogP contribution is -2.26. The fraction of sp³-hybridized carbons (Fsp3) is 0.304. The number of hydrogen-bond acceptors (Lipinski definition) is 6. The first-order valence-corrected chi connectivity index (χ1v) is 10.5. The predicted molar refractivity (Wildman–Crippen MR) is 120 cm³/mol. The number of aromatic nitrogens is 2. The topological polar surface area (TPSA) is 98.5 Å². The third-order valence-electron chi connectivity index (χ3n) is 4.64. The molecule has 0 amide bonds. The zero-order valence-electron chi connectivity index (χ0n) is 18.3. The molecular weight excluding hydrogens is 435 g/mol. The Morgan fingerprint density at radius 1 is 1.12 bits per heavy atom. The highest BCUT2D eigenvalue weighted by Crippen LogP contribution is 2.27. The molecule has 2 aromatic carbocycles. The van der Waals surface area contributed by atoms with Gasteiger partial charge in [0.2, 0.25) is 0 Å². The van der Waals surface area contributed by atoms with E-state index in [-0.39, 0.29) is 18.2 Å². The van der Waals surface area contributed by atoms with Crippen LogP contribution in [0.5, 0.6) is 5.75 Å². The van der Waals surface area contributed by atoms with E-state index in [0.29, 0.717) is 23.2 Å². The van der Waals surface area contributed by atoms with Gasteiger partial charge in [0.15, 0.2) is 5.75 Å². The van der Waals surface area contributed by atoms with Crippen LogP contribution in [0.1, 0.15) is 31.4 Å². The van der Waals surface area contributed by atoms with E-state index in [0.717, 1.165) is 11.1 Å². The predicted octanol–water partition coefficient (Wildman–Crippen LogP) is 3.53. The Morgan fingerprint density at radius 3 is 2.31 bits per heavy atom. The van der Waals surface area contributed by atoms with Gasteiger partial charge in [0, 0.05) is 12.0 Å². The molecule has 3 aromatic rings. The van der Waals surface area contributed by atoms with Crippen LogP contribution in [0, 0.1) is 19.7 Å². The second-order valence-corrected chi connectivity index (χ2v) is 8.02. The van der Waals surface area contributed by atoms with Crippen LogP contribution in [0.15, 0.2) is 53.5 Å². The maximum Gasteiger partial charge on any atom is 0.335 e. The molecule has 0 fully saturated rings. The monoisotopic (exact) mass is 460 g/mol. The van der Waals surface area contributed by atoms with E-state index in [1.807, 2.05) is 31.2 Å². The van der Waals surface area contributed by atoms with E-state index in [1.165, 1.54) is 16.8 Å².